The van der Waals surface area contributed by atoms with Gasteiger partial charge in [-0.3, -0.25) is 10.1 Å². The molecular formula is C14H18N2O6S. The van der Waals surface area contributed by atoms with E-state index in [1.54, 1.807) is 0 Å². The van der Waals surface area contributed by atoms with E-state index in [-0.39, 0.29) is 16.2 Å². The molecule has 0 unspecified atom stereocenters. The predicted molar refractivity (Wildman–Crippen MR) is 81.6 cm³/mol. The van der Waals surface area contributed by atoms with Gasteiger partial charge in [0.2, 0.25) is 0 Å². The Kier molecular flexibility index (Phi) is 6.26. The summed E-state index contributed by atoms with van der Waals surface area (Å²) in [4.78, 5) is 34.7. The lowest BCUT2D eigenvalue weighted by molar-refractivity contribution is -0.127. The minimum atomic E-state index is -3.62. The topological polar surface area (TPSA) is 119 Å². The molecule has 1 rings (SSSR count). The highest BCUT2D eigenvalue weighted by atomic mass is 32.2. The van der Waals surface area contributed by atoms with Crippen LogP contribution in [0.5, 0.6) is 0 Å². The second-order valence-electron chi connectivity index (χ2n) is 4.52. The van der Waals surface area contributed by atoms with Crippen LogP contribution in [0, 0.1) is 0 Å². The Hall–Kier alpha value is -2.42. The average molecular weight is 342 g/mol. The smallest absolute Gasteiger partial charge is 0.340 e. The van der Waals surface area contributed by atoms with E-state index in [4.69, 9.17) is 4.74 Å². The van der Waals surface area contributed by atoms with Crippen LogP contribution in [-0.4, -0.2) is 45.2 Å². The van der Waals surface area contributed by atoms with E-state index >= 15 is 0 Å². The molecule has 0 radical (unpaired) electrons. The Morgan fingerprint density at radius 2 is 1.83 bits per heavy atom. The molecular weight excluding hydrogens is 324 g/mol. The van der Waals surface area contributed by atoms with Gasteiger partial charge in [-0.05, 0) is 19.1 Å². The number of urea groups is 1. The lowest BCUT2D eigenvalue weighted by Gasteiger charge is -2.14. The molecule has 0 saturated carbocycles. The number of hydrogen-bond acceptors (Lipinski definition) is 6. The largest absolute Gasteiger partial charge is 0.449 e. The minimum absolute atomic E-state index is 0.158. The molecule has 0 aliphatic heterocycles. The normalized spacial score (nSPS) is 12.1. The first kappa shape index (κ1) is 18.6. The number of esters is 1. The summed E-state index contributed by atoms with van der Waals surface area (Å²) in [6.45, 7) is 2.73. The van der Waals surface area contributed by atoms with Gasteiger partial charge in [0.25, 0.3) is 5.91 Å². The van der Waals surface area contributed by atoms with Gasteiger partial charge in [-0.2, -0.15) is 0 Å². The molecule has 1 atom stereocenters. The van der Waals surface area contributed by atoms with Crippen molar-refractivity contribution in [2.24, 2.45) is 0 Å². The molecule has 0 aliphatic rings. The van der Waals surface area contributed by atoms with Crippen molar-refractivity contribution >= 4 is 27.7 Å². The first-order valence-corrected chi connectivity index (χ1v) is 8.43. The number of benzene rings is 1. The number of imide groups is 1. The quantitative estimate of drug-likeness (QED) is 0.751. The van der Waals surface area contributed by atoms with Gasteiger partial charge in [0.15, 0.2) is 15.9 Å². The van der Waals surface area contributed by atoms with Gasteiger partial charge in [0.1, 0.15) is 0 Å². The van der Waals surface area contributed by atoms with E-state index in [9.17, 15) is 22.8 Å². The molecule has 0 heterocycles. The number of hydrogen-bond donors (Lipinski definition) is 2. The molecule has 9 heteroatoms. The number of carbonyl (C=O) groups is 3. The highest BCUT2D eigenvalue weighted by molar-refractivity contribution is 7.91. The van der Waals surface area contributed by atoms with Gasteiger partial charge in [0.05, 0.1) is 16.2 Å². The van der Waals surface area contributed by atoms with Crippen LogP contribution in [0.25, 0.3) is 0 Å². The minimum Gasteiger partial charge on any atom is -0.449 e. The Bertz CT molecular complexity index is 714. The molecule has 0 fully saturated rings. The van der Waals surface area contributed by atoms with Crippen LogP contribution in [-0.2, 0) is 19.4 Å². The maximum absolute atomic E-state index is 12.1. The maximum Gasteiger partial charge on any atom is 0.340 e. The standard InChI is InChI=1S/C14H18N2O6S/c1-4-23(20,21)11-8-6-5-7-10(11)13(18)22-9(2)12(17)16-14(19)15-3/h5-9H,4H2,1-3H3,(H2,15,16,17,19)/t9-/m0/s1. The van der Waals surface area contributed by atoms with Crippen LogP contribution >= 0.6 is 0 Å². The van der Waals surface area contributed by atoms with Gasteiger partial charge < -0.3 is 10.1 Å². The number of rotatable bonds is 5. The lowest BCUT2D eigenvalue weighted by atomic mass is 10.2. The molecule has 8 nitrogen and oxygen atoms in total. The fraction of sp³-hybridized carbons (Fsp3) is 0.357. The van der Waals surface area contributed by atoms with E-state index in [2.05, 4.69) is 5.32 Å². The molecule has 1 aromatic carbocycles. The van der Waals surface area contributed by atoms with Crippen LogP contribution < -0.4 is 10.6 Å². The van der Waals surface area contributed by atoms with Crippen LogP contribution in [0.3, 0.4) is 0 Å². The van der Waals surface area contributed by atoms with Gasteiger partial charge in [-0.25, -0.2) is 18.0 Å². The summed E-state index contributed by atoms with van der Waals surface area (Å²) in [7, 11) is -2.29. The summed E-state index contributed by atoms with van der Waals surface area (Å²) in [5.74, 6) is -1.96. The van der Waals surface area contributed by atoms with Crippen molar-refractivity contribution in [1.29, 1.82) is 0 Å². The summed E-state index contributed by atoms with van der Waals surface area (Å²) in [5, 5.41) is 4.14. The van der Waals surface area contributed by atoms with Crippen molar-refractivity contribution < 1.29 is 27.5 Å². The summed E-state index contributed by atoms with van der Waals surface area (Å²) in [5.41, 5.74) is -0.158. The fourth-order valence-corrected chi connectivity index (χ4v) is 2.70. The van der Waals surface area contributed by atoms with Gasteiger partial charge in [-0.1, -0.05) is 19.1 Å². The fourth-order valence-electron chi connectivity index (χ4n) is 1.62. The molecule has 1 aromatic rings. The predicted octanol–water partition coefficient (Wildman–Crippen LogP) is 0.481. The molecule has 23 heavy (non-hydrogen) atoms. The van der Waals surface area contributed by atoms with Crippen molar-refractivity contribution in [3.63, 3.8) is 0 Å². The zero-order valence-electron chi connectivity index (χ0n) is 13.0. The van der Waals surface area contributed by atoms with Crippen molar-refractivity contribution in [2.75, 3.05) is 12.8 Å². The Morgan fingerprint density at radius 1 is 1.22 bits per heavy atom. The van der Waals surface area contributed by atoms with E-state index in [1.807, 2.05) is 5.32 Å². The zero-order chi connectivity index (χ0) is 17.6. The summed E-state index contributed by atoms with van der Waals surface area (Å²) >= 11 is 0. The van der Waals surface area contributed by atoms with E-state index < -0.39 is 33.8 Å². The average Bonchev–Trinajstić information content (AvgIpc) is 2.54. The Labute approximate surface area is 134 Å². The third-order valence-corrected chi connectivity index (χ3v) is 4.73. The van der Waals surface area contributed by atoms with Gasteiger partial charge in [-0.15, -0.1) is 0 Å². The van der Waals surface area contributed by atoms with E-state index in [0.717, 1.165) is 0 Å². The second-order valence-corrected chi connectivity index (χ2v) is 6.76. The highest BCUT2D eigenvalue weighted by Gasteiger charge is 2.25. The first-order valence-electron chi connectivity index (χ1n) is 6.78. The van der Waals surface area contributed by atoms with Crippen molar-refractivity contribution in [2.45, 2.75) is 24.8 Å². The highest BCUT2D eigenvalue weighted by Crippen LogP contribution is 2.18. The third kappa shape index (κ3) is 4.78. The van der Waals surface area contributed by atoms with Crippen LogP contribution in [0.1, 0.15) is 24.2 Å². The molecule has 0 spiro atoms. The van der Waals surface area contributed by atoms with Gasteiger partial charge in [0, 0.05) is 7.05 Å². The molecule has 0 aromatic heterocycles. The lowest BCUT2D eigenvalue weighted by Crippen LogP contribution is -2.43. The summed E-state index contributed by atoms with van der Waals surface area (Å²) < 4.78 is 28.9. The molecule has 2 N–H and O–H groups in total. The van der Waals surface area contributed by atoms with E-state index in [1.165, 1.54) is 45.2 Å². The summed E-state index contributed by atoms with van der Waals surface area (Å²) in [6.07, 6.45) is -1.27. The molecule has 0 aliphatic carbocycles. The Balaban J connectivity index is 2.95. The number of sulfone groups is 1. The second kappa shape index (κ2) is 7.73. The number of carbonyl (C=O) groups excluding carboxylic acids is 3. The summed E-state index contributed by atoms with van der Waals surface area (Å²) in [6, 6.07) is 4.83. The van der Waals surface area contributed by atoms with Crippen molar-refractivity contribution in [3.05, 3.63) is 29.8 Å². The zero-order valence-corrected chi connectivity index (χ0v) is 13.8. The maximum atomic E-state index is 12.1. The monoisotopic (exact) mass is 342 g/mol. The molecule has 0 bridgehead atoms. The number of ether oxygens (including phenoxy) is 1. The van der Waals surface area contributed by atoms with E-state index in [0.29, 0.717) is 0 Å². The van der Waals surface area contributed by atoms with Gasteiger partial charge >= 0.3 is 12.0 Å². The first-order chi connectivity index (χ1) is 10.7. The van der Waals surface area contributed by atoms with Crippen molar-refractivity contribution in [3.8, 4) is 0 Å². The Morgan fingerprint density at radius 3 is 2.39 bits per heavy atom. The van der Waals surface area contributed by atoms with Crippen LogP contribution in [0.2, 0.25) is 0 Å². The van der Waals surface area contributed by atoms with Crippen LogP contribution in [0.15, 0.2) is 29.2 Å². The molecule has 126 valence electrons. The number of amides is 3. The SMILES string of the molecule is CCS(=O)(=O)c1ccccc1C(=O)O[C@@H](C)C(=O)NC(=O)NC. The number of nitrogens with one attached hydrogen (secondary N) is 2. The molecule has 3 amide bonds. The van der Waals surface area contributed by atoms with Crippen LogP contribution in [0.4, 0.5) is 4.79 Å². The molecule has 0 saturated heterocycles. The third-order valence-electron chi connectivity index (χ3n) is 2.94. The van der Waals surface area contributed by atoms with Crippen molar-refractivity contribution in [1.82, 2.24) is 10.6 Å².